The molecule has 128 valence electrons. The Hall–Kier alpha value is -3.19. The topological polar surface area (TPSA) is 103 Å². The zero-order valence-corrected chi connectivity index (χ0v) is 13.8. The number of methoxy groups -OCH3 is 1. The van der Waals surface area contributed by atoms with Crippen molar-refractivity contribution in [1.82, 2.24) is 15.8 Å². The summed E-state index contributed by atoms with van der Waals surface area (Å²) in [7, 11) is 1.55. The van der Waals surface area contributed by atoms with Crippen LogP contribution in [-0.2, 0) is 0 Å². The monoisotopic (exact) mass is 359 g/mol. The first kappa shape index (κ1) is 16.7. The number of amides is 2. The fourth-order valence-corrected chi connectivity index (χ4v) is 2.47. The summed E-state index contributed by atoms with van der Waals surface area (Å²) in [5, 5.41) is 10.8. The Balaban J connectivity index is 1.72. The Bertz CT molecular complexity index is 968. The molecule has 25 heavy (non-hydrogen) atoms. The first-order valence-electron chi connectivity index (χ1n) is 7.24. The number of aromatic amines is 1. The lowest BCUT2D eigenvalue weighted by molar-refractivity contribution is 0.0843. The summed E-state index contributed by atoms with van der Waals surface area (Å²) in [4.78, 5) is 27.2. The van der Waals surface area contributed by atoms with Crippen LogP contribution >= 0.6 is 11.6 Å². The van der Waals surface area contributed by atoms with Crippen LogP contribution in [0.4, 0.5) is 0 Å². The summed E-state index contributed by atoms with van der Waals surface area (Å²) >= 11 is 5.80. The Morgan fingerprint density at radius 1 is 1.08 bits per heavy atom. The standard InChI is InChI=1S/C17H14ClN3O4/c1-25-11-4-2-9-6-14(19-13(9)8-11)17(24)21-20-16(23)12-7-10(18)3-5-15(12)22/h2-8,19,22H,1H3,(H,20,23)(H,21,24). The SMILES string of the molecule is COc1ccc2cc(C(=O)NNC(=O)c3cc(Cl)ccc3O)[nH]c2c1. The number of aromatic nitrogens is 1. The zero-order valence-electron chi connectivity index (χ0n) is 13.1. The van der Waals surface area contributed by atoms with Crippen molar-refractivity contribution in [1.29, 1.82) is 0 Å². The first-order valence-corrected chi connectivity index (χ1v) is 7.61. The number of carbonyl (C=O) groups is 2. The molecule has 0 bridgehead atoms. The molecule has 3 rings (SSSR count). The molecular formula is C17H14ClN3O4. The van der Waals surface area contributed by atoms with Crippen LogP contribution in [0.2, 0.25) is 5.02 Å². The van der Waals surface area contributed by atoms with Gasteiger partial charge in [0.25, 0.3) is 11.8 Å². The van der Waals surface area contributed by atoms with E-state index in [1.807, 2.05) is 6.07 Å². The molecular weight excluding hydrogens is 346 g/mol. The molecule has 0 saturated carbocycles. The molecule has 8 heteroatoms. The van der Waals surface area contributed by atoms with Gasteiger partial charge in [-0.3, -0.25) is 20.4 Å². The summed E-state index contributed by atoms with van der Waals surface area (Å²) in [6.07, 6.45) is 0. The van der Waals surface area contributed by atoms with E-state index in [2.05, 4.69) is 15.8 Å². The van der Waals surface area contributed by atoms with Gasteiger partial charge in [0.15, 0.2) is 0 Å². The van der Waals surface area contributed by atoms with E-state index < -0.39 is 11.8 Å². The van der Waals surface area contributed by atoms with E-state index in [1.54, 1.807) is 25.3 Å². The van der Waals surface area contributed by atoms with Gasteiger partial charge in [0.1, 0.15) is 17.2 Å². The number of halogens is 1. The van der Waals surface area contributed by atoms with Gasteiger partial charge in [-0.2, -0.15) is 0 Å². The van der Waals surface area contributed by atoms with Crippen molar-refractivity contribution < 1.29 is 19.4 Å². The Morgan fingerprint density at radius 3 is 2.60 bits per heavy atom. The van der Waals surface area contributed by atoms with Crippen LogP contribution in [0.15, 0.2) is 42.5 Å². The summed E-state index contributed by atoms with van der Waals surface area (Å²) in [5.74, 6) is -0.809. The van der Waals surface area contributed by atoms with E-state index in [1.165, 1.54) is 18.2 Å². The molecule has 0 atom stereocenters. The molecule has 0 aliphatic carbocycles. The molecule has 0 aliphatic heterocycles. The number of benzene rings is 2. The van der Waals surface area contributed by atoms with Crippen LogP contribution in [0.1, 0.15) is 20.8 Å². The number of carbonyl (C=O) groups excluding carboxylic acids is 2. The molecule has 3 aromatic rings. The molecule has 2 aromatic carbocycles. The molecule has 0 fully saturated rings. The molecule has 1 heterocycles. The van der Waals surface area contributed by atoms with Gasteiger partial charge in [-0.15, -0.1) is 0 Å². The fourth-order valence-electron chi connectivity index (χ4n) is 2.29. The van der Waals surface area contributed by atoms with Crippen LogP contribution in [0.25, 0.3) is 10.9 Å². The van der Waals surface area contributed by atoms with E-state index in [0.717, 1.165) is 10.9 Å². The maximum atomic E-state index is 12.2. The van der Waals surface area contributed by atoms with E-state index in [-0.39, 0.29) is 17.0 Å². The Morgan fingerprint density at radius 2 is 1.84 bits per heavy atom. The smallest absolute Gasteiger partial charge is 0.286 e. The normalized spacial score (nSPS) is 10.5. The second-order valence-electron chi connectivity index (χ2n) is 5.21. The van der Waals surface area contributed by atoms with E-state index in [4.69, 9.17) is 16.3 Å². The van der Waals surface area contributed by atoms with Gasteiger partial charge in [0, 0.05) is 22.0 Å². The summed E-state index contributed by atoms with van der Waals surface area (Å²) < 4.78 is 5.13. The largest absolute Gasteiger partial charge is 0.507 e. The van der Waals surface area contributed by atoms with Crippen LogP contribution in [0, 0.1) is 0 Å². The summed E-state index contributed by atoms with van der Waals surface area (Å²) in [6.45, 7) is 0. The third-order valence-corrected chi connectivity index (χ3v) is 3.80. The third kappa shape index (κ3) is 3.51. The third-order valence-electron chi connectivity index (χ3n) is 3.57. The molecule has 0 radical (unpaired) electrons. The lowest BCUT2D eigenvalue weighted by Crippen LogP contribution is -2.41. The molecule has 2 amide bonds. The minimum Gasteiger partial charge on any atom is -0.507 e. The predicted octanol–water partition coefficient (Wildman–Crippen LogP) is 2.61. The molecule has 1 aromatic heterocycles. The lowest BCUT2D eigenvalue weighted by atomic mass is 10.2. The Labute approximate surface area is 147 Å². The van der Waals surface area contributed by atoms with Crippen molar-refractivity contribution >= 4 is 34.3 Å². The van der Waals surface area contributed by atoms with E-state index >= 15 is 0 Å². The number of phenols is 1. The minimum atomic E-state index is -0.689. The van der Waals surface area contributed by atoms with Gasteiger partial charge in [-0.1, -0.05) is 11.6 Å². The van der Waals surface area contributed by atoms with Crippen molar-refractivity contribution in [2.75, 3.05) is 7.11 Å². The average Bonchev–Trinajstić information content (AvgIpc) is 3.04. The molecule has 4 N–H and O–H groups in total. The number of nitrogens with one attached hydrogen (secondary N) is 3. The molecule has 0 spiro atoms. The van der Waals surface area contributed by atoms with Crippen molar-refractivity contribution in [3.8, 4) is 11.5 Å². The number of phenolic OH excluding ortho intramolecular Hbond substituents is 1. The van der Waals surface area contributed by atoms with Crippen molar-refractivity contribution in [2.24, 2.45) is 0 Å². The number of rotatable bonds is 3. The van der Waals surface area contributed by atoms with E-state index in [9.17, 15) is 14.7 Å². The fraction of sp³-hybridized carbons (Fsp3) is 0.0588. The number of hydrogen-bond donors (Lipinski definition) is 4. The highest BCUT2D eigenvalue weighted by Crippen LogP contribution is 2.22. The molecule has 0 unspecified atom stereocenters. The highest BCUT2D eigenvalue weighted by Gasteiger charge is 2.14. The maximum Gasteiger partial charge on any atom is 0.286 e. The van der Waals surface area contributed by atoms with Crippen molar-refractivity contribution in [3.63, 3.8) is 0 Å². The minimum absolute atomic E-state index is 0.0471. The van der Waals surface area contributed by atoms with Crippen molar-refractivity contribution in [2.45, 2.75) is 0 Å². The highest BCUT2D eigenvalue weighted by atomic mass is 35.5. The van der Waals surface area contributed by atoms with Crippen molar-refractivity contribution in [3.05, 3.63) is 58.7 Å². The van der Waals surface area contributed by atoms with Gasteiger partial charge in [-0.05, 0) is 36.4 Å². The highest BCUT2D eigenvalue weighted by molar-refractivity contribution is 6.31. The van der Waals surface area contributed by atoms with Crippen LogP contribution < -0.4 is 15.6 Å². The number of aromatic hydroxyl groups is 1. The summed E-state index contributed by atoms with van der Waals surface area (Å²) in [5.41, 5.74) is 5.45. The molecule has 7 nitrogen and oxygen atoms in total. The quantitative estimate of drug-likeness (QED) is 0.540. The Kier molecular flexibility index (Phi) is 4.49. The van der Waals surface area contributed by atoms with Gasteiger partial charge in [0.2, 0.25) is 0 Å². The van der Waals surface area contributed by atoms with E-state index in [0.29, 0.717) is 10.8 Å². The summed E-state index contributed by atoms with van der Waals surface area (Å²) in [6, 6.07) is 11.0. The first-order chi connectivity index (χ1) is 12.0. The lowest BCUT2D eigenvalue weighted by Gasteiger charge is -2.08. The predicted molar refractivity (Wildman–Crippen MR) is 92.9 cm³/mol. The number of fused-ring (bicyclic) bond motifs is 1. The van der Waals surface area contributed by atoms with Crippen LogP contribution in [0.5, 0.6) is 11.5 Å². The van der Waals surface area contributed by atoms with Gasteiger partial charge in [0.05, 0.1) is 12.7 Å². The number of ether oxygens (including phenoxy) is 1. The number of H-pyrrole nitrogens is 1. The zero-order chi connectivity index (χ0) is 18.0. The second-order valence-corrected chi connectivity index (χ2v) is 5.64. The van der Waals surface area contributed by atoms with Gasteiger partial charge >= 0.3 is 0 Å². The number of hydrazine groups is 1. The average molecular weight is 360 g/mol. The van der Waals surface area contributed by atoms with Crippen LogP contribution in [-0.4, -0.2) is 29.0 Å². The second kappa shape index (κ2) is 6.74. The molecule has 0 aliphatic rings. The molecule has 0 saturated heterocycles. The number of hydrogen-bond acceptors (Lipinski definition) is 4. The maximum absolute atomic E-state index is 12.2. The van der Waals surface area contributed by atoms with Gasteiger partial charge < -0.3 is 14.8 Å². The van der Waals surface area contributed by atoms with Crippen LogP contribution in [0.3, 0.4) is 0 Å². The van der Waals surface area contributed by atoms with Gasteiger partial charge in [-0.25, -0.2) is 0 Å².